The fourth-order valence-corrected chi connectivity index (χ4v) is 4.14. The summed E-state index contributed by atoms with van der Waals surface area (Å²) in [5.74, 6) is -1.83. The van der Waals surface area contributed by atoms with Crippen molar-refractivity contribution in [2.75, 3.05) is 11.9 Å². The second-order valence-corrected chi connectivity index (χ2v) is 8.94. The molecule has 1 aliphatic rings. The SMILES string of the molecule is CC(C)(NC(=O)OCC1c2ccccc2-c2ccccc21)C(=O)Nc1cc(C(=O)O)ccc1Cl. The smallest absolute Gasteiger partial charge is 0.408 e. The molecule has 0 saturated heterocycles. The van der Waals surface area contributed by atoms with E-state index in [1.807, 2.05) is 48.5 Å². The molecule has 174 valence electrons. The minimum atomic E-state index is -1.36. The molecule has 0 saturated carbocycles. The lowest BCUT2D eigenvalue weighted by atomic mass is 9.98. The van der Waals surface area contributed by atoms with Crippen LogP contribution in [0.15, 0.2) is 66.7 Å². The Labute approximate surface area is 201 Å². The third-order valence-corrected chi connectivity index (χ3v) is 6.12. The van der Waals surface area contributed by atoms with E-state index in [1.165, 1.54) is 32.0 Å². The van der Waals surface area contributed by atoms with E-state index >= 15 is 0 Å². The number of nitrogens with one attached hydrogen (secondary N) is 2. The fraction of sp³-hybridized carbons (Fsp3) is 0.192. The van der Waals surface area contributed by atoms with Gasteiger partial charge in [-0.3, -0.25) is 4.79 Å². The molecular formula is C26H23ClN2O5. The predicted octanol–water partition coefficient (Wildman–Crippen LogP) is 5.29. The number of benzene rings is 3. The summed E-state index contributed by atoms with van der Waals surface area (Å²) in [6.07, 6.45) is -0.743. The van der Waals surface area contributed by atoms with Gasteiger partial charge in [0.25, 0.3) is 0 Å². The molecule has 3 aromatic rings. The number of fused-ring (bicyclic) bond motifs is 3. The maximum atomic E-state index is 12.8. The van der Waals surface area contributed by atoms with E-state index in [0.717, 1.165) is 22.3 Å². The van der Waals surface area contributed by atoms with Crippen LogP contribution in [-0.4, -0.2) is 35.2 Å². The van der Waals surface area contributed by atoms with Crippen LogP contribution in [0.4, 0.5) is 10.5 Å². The average Bonchev–Trinajstić information content (AvgIpc) is 3.12. The lowest BCUT2D eigenvalue weighted by Gasteiger charge is -2.25. The molecule has 3 aromatic carbocycles. The highest BCUT2D eigenvalue weighted by Gasteiger charge is 2.33. The van der Waals surface area contributed by atoms with Crippen molar-refractivity contribution in [2.24, 2.45) is 0 Å². The van der Waals surface area contributed by atoms with Gasteiger partial charge in [0.1, 0.15) is 12.1 Å². The van der Waals surface area contributed by atoms with Crippen LogP contribution >= 0.6 is 11.6 Å². The van der Waals surface area contributed by atoms with Crippen molar-refractivity contribution >= 4 is 35.3 Å². The number of alkyl carbamates (subject to hydrolysis) is 1. The molecular weight excluding hydrogens is 456 g/mol. The monoisotopic (exact) mass is 478 g/mol. The third-order valence-electron chi connectivity index (χ3n) is 5.79. The van der Waals surface area contributed by atoms with Crippen molar-refractivity contribution in [1.82, 2.24) is 5.32 Å². The zero-order valence-electron chi connectivity index (χ0n) is 18.6. The molecule has 3 N–H and O–H groups in total. The second-order valence-electron chi connectivity index (χ2n) is 8.53. The Kier molecular flexibility index (Phi) is 6.30. The number of carboxylic acids is 1. The van der Waals surface area contributed by atoms with Gasteiger partial charge in [0.15, 0.2) is 0 Å². The normalized spacial score (nSPS) is 12.4. The summed E-state index contributed by atoms with van der Waals surface area (Å²) in [4.78, 5) is 36.6. The van der Waals surface area contributed by atoms with Gasteiger partial charge in [0.05, 0.1) is 16.3 Å². The van der Waals surface area contributed by atoms with Gasteiger partial charge in [0.2, 0.25) is 5.91 Å². The van der Waals surface area contributed by atoms with Crippen LogP contribution in [0.25, 0.3) is 11.1 Å². The lowest BCUT2D eigenvalue weighted by molar-refractivity contribution is -0.121. The van der Waals surface area contributed by atoms with Crippen molar-refractivity contribution in [3.8, 4) is 11.1 Å². The van der Waals surface area contributed by atoms with Gasteiger partial charge in [-0.2, -0.15) is 0 Å². The van der Waals surface area contributed by atoms with Crippen LogP contribution in [0.1, 0.15) is 41.3 Å². The highest BCUT2D eigenvalue weighted by Crippen LogP contribution is 2.44. The largest absolute Gasteiger partial charge is 0.478 e. The molecule has 2 amide bonds. The molecule has 7 nitrogen and oxygen atoms in total. The summed E-state index contributed by atoms with van der Waals surface area (Å²) in [7, 11) is 0. The molecule has 0 aliphatic heterocycles. The first-order valence-corrected chi connectivity index (χ1v) is 11.0. The molecule has 0 bridgehead atoms. The Bertz CT molecular complexity index is 1240. The van der Waals surface area contributed by atoms with Crippen molar-refractivity contribution in [1.29, 1.82) is 0 Å². The van der Waals surface area contributed by atoms with Crippen molar-refractivity contribution in [2.45, 2.75) is 25.3 Å². The molecule has 8 heteroatoms. The van der Waals surface area contributed by atoms with E-state index in [-0.39, 0.29) is 28.8 Å². The zero-order valence-corrected chi connectivity index (χ0v) is 19.3. The molecule has 0 aromatic heterocycles. The minimum absolute atomic E-state index is 0.0259. The Morgan fingerprint density at radius 3 is 2.15 bits per heavy atom. The molecule has 0 atom stereocenters. The van der Waals surface area contributed by atoms with Crippen LogP contribution in [0.3, 0.4) is 0 Å². The van der Waals surface area contributed by atoms with Crippen LogP contribution in [-0.2, 0) is 9.53 Å². The first-order chi connectivity index (χ1) is 16.2. The quantitative estimate of drug-likeness (QED) is 0.446. The highest BCUT2D eigenvalue weighted by atomic mass is 35.5. The number of rotatable bonds is 6. The second kappa shape index (κ2) is 9.19. The summed E-state index contributed by atoms with van der Waals surface area (Å²) in [5.41, 5.74) is 3.16. The van der Waals surface area contributed by atoms with E-state index in [1.54, 1.807) is 0 Å². The highest BCUT2D eigenvalue weighted by molar-refractivity contribution is 6.34. The number of ether oxygens (including phenoxy) is 1. The number of aromatic carboxylic acids is 1. The van der Waals surface area contributed by atoms with E-state index < -0.39 is 23.5 Å². The maximum Gasteiger partial charge on any atom is 0.408 e. The van der Waals surface area contributed by atoms with Crippen molar-refractivity contribution in [3.05, 3.63) is 88.4 Å². The van der Waals surface area contributed by atoms with Gasteiger partial charge in [-0.1, -0.05) is 60.1 Å². The Morgan fingerprint density at radius 2 is 1.56 bits per heavy atom. The third kappa shape index (κ3) is 4.61. The summed E-state index contributed by atoms with van der Waals surface area (Å²) in [6, 6.07) is 20.0. The van der Waals surface area contributed by atoms with Gasteiger partial charge in [-0.15, -0.1) is 0 Å². The summed E-state index contributed by atoms with van der Waals surface area (Å²) >= 11 is 6.09. The molecule has 1 aliphatic carbocycles. The molecule has 0 unspecified atom stereocenters. The molecule has 0 spiro atoms. The number of carboxylic acid groups (broad SMARTS) is 1. The minimum Gasteiger partial charge on any atom is -0.478 e. The van der Waals surface area contributed by atoms with Crippen LogP contribution in [0.5, 0.6) is 0 Å². The number of hydrogen-bond donors (Lipinski definition) is 3. The predicted molar refractivity (Wildman–Crippen MR) is 129 cm³/mol. The van der Waals surface area contributed by atoms with Crippen LogP contribution < -0.4 is 10.6 Å². The first-order valence-electron chi connectivity index (χ1n) is 10.6. The Morgan fingerprint density at radius 1 is 0.971 bits per heavy atom. The van der Waals surface area contributed by atoms with Crippen molar-refractivity contribution in [3.63, 3.8) is 0 Å². The molecule has 4 rings (SSSR count). The lowest BCUT2D eigenvalue weighted by Crippen LogP contribution is -2.52. The number of hydrogen-bond acceptors (Lipinski definition) is 4. The number of carbonyl (C=O) groups excluding carboxylic acids is 2. The Hall–Kier alpha value is -3.84. The van der Waals surface area contributed by atoms with E-state index in [2.05, 4.69) is 10.6 Å². The zero-order chi connectivity index (χ0) is 24.5. The van der Waals surface area contributed by atoms with Gasteiger partial charge < -0.3 is 20.5 Å². The number of carbonyl (C=O) groups is 3. The Balaban J connectivity index is 1.42. The van der Waals surface area contributed by atoms with Gasteiger partial charge in [-0.05, 0) is 54.3 Å². The van der Waals surface area contributed by atoms with Gasteiger partial charge in [-0.25, -0.2) is 9.59 Å². The summed E-state index contributed by atoms with van der Waals surface area (Å²) < 4.78 is 5.52. The van der Waals surface area contributed by atoms with Gasteiger partial charge in [0, 0.05) is 5.92 Å². The van der Waals surface area contributed by atoms with Crippen molar-refractivity contribution < 1.29 is 24.2 Å². The average molecular weight is 479 g/mol. The number of amides is 2. The van der Waals surface area contributed by atoms with E-state index in [0.29, 0.717) is 0 Å². The van der Waals surface area contributed by atoms with E-state index in [9.17, 15) is 14.4 Å². The topological polar surface area (TPSA) is 105 Å². The number of halogens is 1. The standard InChI is InChI=1S/C26H23ClN2O5/c1-26(2,24(32)28-22-13-15(23(30)31)11-12-21(22)27)29-25(33)34-14-20-18-9-5-3-7-16(18)17-8-4-6-10-19(17)20/h3-13,20H,14H2,1-2H3,(H,28,32)(H,29,33)(H,30,31). The molecule has 0 radical (unpaired) electrons. The van der Waals surface area contributed by atoms with Gasteiger partial charge >= 0.3 is 12.1 Å². The summed E-state index contributed by atoms with van der Waals surface area (Å²) in [6.45, 7) is 3.14. The summed E-state index contributed by atoms with van der Waals surface area (Å²) in [5, 5.41) is 14.5. The molecule has 34 heavy (non-hydrogen) atoms. The fourth-order valence-electron chi connectivity index (χ4n) is 3.98. The number of anilines is 1. The van der Waals surface area contributed by atoms with E-state index in [4.69, 9.17) is 21.4 Å². The van der Waals surface area contributed by atoms with Crippen LogP contribution in [0.2, 0.25) is 5.02 Å². The first kappa shape index (κ1) is 23.3. The maximum absolute atomic E-state index is 12.8. The molecule has 0 fully saturated rings. The van der Waals surface area contributed by atoms with Crippen LogP contribution in [0, 0.1) is 0 Å². The molecule has 0 heterocycles.